The van der Waals surface area contributed by atoms with Crippen LogP contribution in [0.3, 0.4) is 0 Å². The second kappa shape index (κ2) is 8.39. The Labute approximate surface area is 139 Å². The smallest absolute Gasteiger partial charge is 0.384 e. The summed E-state index contributed by atoms with van der Waals surface area (Å²) in [4.78, 5) is 4.07. The zero-order valence-corrected chi connectivity index (χ0v) is 12.9. The summed E-state index contributed by atoms with van der Waals surface area (Å²) in [5, 5.41) is 0. The van der Waals surface area contributed by atoms with Gasteiger partial charge in [-0.1, -0.05) is 48.5 Å². The molecular weight excluding hydrogens is 325 g/mol. The number of benzene rings is 2. The number of nitrogens with two attached hydrogens (primary N) is 1. The van der Waals surface area contributed by atoms with Crippen LogP contribution in [0.15, 0.2) is 65.7 Å². The topological polar surface area (TPSA) is 38.4 Å². The van der Waals surface area contributed by atoms with E-state index in [2.05, 4.69) is 4.99 Å². The van der Waals surface area contributed by atoms with Crippen LogP contribution in [0.5, 0.6) is 0 Å². The van der Waals surface area contributed by atoms with Gasteiger partial charge in [-0.2, -0.15) is 13.2 Å². The maximum absolute atomic E-state index is 12.6. The summed E-state index contributed by atoms with van der Waals surface area (Å²) >= 11 is 0. The van der Waals surface area contributed by atoms with E-state index < -0.39 is 11.7 Å². The van der Waals surface area contributed by atoms with Crippen LogP contribution in [0.2, 0.25) is 0 Å². The molecule has 0 saturated heterocycles. The van der Waals surface area contributed by atoms with Crippen LogP contribution in [0.1, 0.15) is 16.7 Å². The third-order valence-electron chi connectivity index (χ3n) is 2.94. The lowest BCUT2D eigenvalue weighted by Gasteiger charge is -2.07. The molecule has 23 heavy (non-hydrogen) atoms. The highest BCUT2D eigenvalue weighted by Gasteiger charge is 2.30. The molecule has 0 bridgehead atoms. The Hall–Kier alpha value is -2.27. The van der Waals surface area contributed by atoms with Crippen molar-refractivity contribution in [2.75, 3.05) is 0 Å². The molecule has 0 unspecified atom stereocenters. The normalized spacial score (nSPS) is 12.2. The minimum atomic E-state index is -4.35. The van der Waals surface area contributed by atoms with Gasteiger partial charge in [0.25, 0.3) is 0 Å². The Bertz CT molecular complexity index is 680. The van der Waals surface area contributed by atoms with Crippen molar-refractivity contribution in [3.8, 4) is 0 Å². The fourth-order valence-electron chi connectivity index (χ4n) is 1.83. The molecule has 0 fully saturated rings. The Morgan fingerprint density at radius 3 is 2.39 bits per heavy atom. The van der Waals surface area contributed by atoms with E-state index >= 15 is 0 Å². The maximum Gasteiger partial charge on any atom is 0.416 e. The highest BCUT2D eigenvalue weighted by atomic mass is 35.5. The number of rotatable bonds is 4. The number of hydrogen-bond acceptors (Lipinski definition) is 1. The summed E-state index contributed by atoms with van der Waals surface area (Å²) in [6.45, 7) is 0.106. The van der Waals surface area contributed by atoms with E-state index in [1.165, 1.54) is 6.07 Å². The quantitative estimate of drug-likeness (QED) is 0.636. The van der Waals surface area contributed by atoms with E-state index in [1.54, 1.807) is 18.2 Å². The van der Waals surface area contributed by atoms with Crippen LogP contribution >= 0.6 is 12.4 Å². The largest absolute Gasteiger partial charge is 0.416 e. The Kier molecular flexibility index (Phi) is 6.85. The van der Waals surface area contributed by atoms with E-state index in [9.17, 15) is 13.2 Å². The Morgan fingerprint density at radius 2 is 1.74 bits per heavy atom. The average Bonchev–Trinajstić information content (AvgIpc) is 2.51. The fraction of sp³-hybridized carbons (Fsp3) is 0.118. The first kappa shape index (κ1) is 18.8. The first-order chi connectivity index (χ1) is 10.4. The molecule has 0 heterocycles. The molecule has 0 amide bonds. The molecule has 0 aliphatic carbocycles. The molecule has 122 valence electrons. The Balaban J connectivity index is 0.00000264. The molecule has 0 aliphatic heterocycles. The summed E-state index contributed by atoms with van der Waals surface area (Å²) < 4.78 is 37.8. The van der Waals surface area contributed by atoms with E-state index in [0.29, 0.717) is 5.56 Å². The van der Waals surface area contributed by atoms with Crippen molar-refractivity contribution in [3.63, 3.8) is 0 Å². The monoisotopic (exact) mass is 340 g/mol. The van der Waals surface area contributed by atoms with Crippen molar-refractivity contribution >= 4 is 24.3 Å². The molecule has 0 atom stereocenters. The molecule has 0 radical (unpaired) electrons. The molecule has 0 aromatic heterocycles. The summed E-state index contributed by atoms with van der Waals surface area (Å²) in [5.74, 6) is 0.265. The van der Waals surface area contributed by atoms with Crippen molar-refractivity contribution in [2.45, 2.75) is 12.7 Å². The van der Waals surface area contributed by atoms with Gasteiger partial charge >= 0.3 is 6.18 Å². The van der Waals surface area contributed by atoms with Crippen molar-refractivity contribution in [2.24, 2.45) is 10.7 Å². The summed E-state index contributed by atoms with van der Waals surface area (Å²) in [6, 6.07) is 14.6. The molecule has 2 rings (SSSR count). The lowest BCUT2D eigenvalue weighted by molar-refractivity contribution is -0.137. The van der Waals surface area contributed by atoms with Crippen LogP contribution in [-0.4, -0.2) is 5.84 Å². The van der Waals surface area contributed by atoms with E-state index in [1.807, 2.05) is 30.3 Å². The lowest BCUT2D eigenvalue weighted by Crippen LogP contribution is -2.08. The van der Waals surface area contributed by atoms with Crippen LogP contribution in [0, 0.1) is 0 Å². The lowest BCUT2D eigenvalue weighted by atomic mass is 10.1. The van der Waals surface area contributed by atoms with Crippen molar-refractivity contribution in [3.05, 3.63) is 77.4 Å². The van der Waals surface area contributed by atoms with Crippen LogP contribution < -0.4 is 5.73 Å². The zero-order valence-electron chi connectivity index (χ0n) is 12.1. The minimum absolute atomic E-state index is 0. The number of amidine groups is 1. The first-order valence-electron chi connectivity index (χ1n) is 6.64. The molecule has 0 saturated carbocycles. The van der Waals surface area contributed by atoms with Gasteiger partial charge in [0.15, 0.2) is 0 Å². The van der Waals surface area contributed by atoms with Gasteiger partial charge in [-0.25, -0.2) is 0 Å². The third kappa shape index (κ3) is 6.16. The van der Waals surface area contributed by atoms with Crippen molar-refractivity contribution in [1.29, 1.82) is 0 Å². The van der Waals surface area contributed by atoms with E-state index in [0.717, 1.165) is 17.7 Å². The summed E-state index contributed by atoms with van der Waals surface area (Å²) in [5.41, 5.74) is 6.49. The molecule has 0 spiro atoms. The van der Waals surface area contributed by atoms with Crippen molar-refractivity contribution in [1.82, 2.24) is 0 Å². The van der Waals surface area contributed by atoms with E-state index in [4.69, 9.17) is 5.73 Å². The average molecular weight is 341 g/mol. The van der Waals surface area contributed by atoms with Crippen LogP contribution in [0.25, 0.3) is 6.08 Å². The SMILES string of the molecule is Cl.NC(C=Cc1ccccc1)=NCc1cccc(C(F)(F)F)c1. The summed E-state index contributed by atoms with van der Waals surface area (Å²) in [6.07, 6.45) is -0.924. The minimum Gasteiger partial charge on any atom is -0.384 e. The van der Waals surface area contributed by atoms with Gasteiger partial charge in [-0.05, 0) is 29.3 Å². The van der Waals surface area contributed by atoms with E-state index in [-0.39, 0.29) is 24.8 Å². The molecular formula is C17H16ClF3N2. The number of alkyl halides is 3. The fourth-order valence-corrected chi connectivity index (χ4v) is 1.83. The first-order valence-corrected chi connectivity index (χ1v) is 6.64. The predicted octanol–water partition coefficient (Wildman–Crippen LogP) is 4.70. The van der Waals surface area contributed by atoms with Gasteiger partial charge in [0.1, 0.15) is 5.84 Å². The highest BCUT2D eigenvalue weighted by Crippen LogP contribution is 2.29. The maximum atomic E-state index is 12.6. The Morgan fingerprint density at radius 1 is 1.04 bits per heavy atom. The second-order valence-electron chi connectivity index (χ2n) is 4.68. The predicted molar refractivity (Wildman–Crippen MR) is 89.5 cm³/mol. The highest BCUT2D eigenvalue weighted by molar-refractivity contribution is 5.95. The third-order valence-corrected chi connectivity index (χ3v) is 2.94. The van der Waals surface area contributed by atoms with Gasteiger partial charge in [0.2, 0.25) is 0 Å². The number of hydrogen-bond donors (Lipinski definition) is 1. The number of halogens is 4. The molecule has 2 nitrogen and oxygen atoms in total. The van der Waals surface area contributed by atoms with Gasteiger partial charge in [0.05, 0.1) is 12.1 Å². The molecule has 0 aliphatic rings. The molecule has 2 aromatic rings. The zero-order chi connectivity index (χ0) is 16.0. The number of aliphatic imine (C=N–C) groups is 1. The standard InChI is InChI=1S/C17H15F3N2.ClH/c18-17(19,20)15-8-4-7-14(11-15)12-22-16(21)10-9-13-5-2-1-3-6-13;/h1-11H,12H2,(H2,21,22);1H. The van der Waals surface area contributed by atoms with Gasteiger partial charge in [0, 0.05) is 0 Å². The second-order valence-corrected chi connectivity index (χ2v) is 4.68. The molecule has 2 N–H and O–H groups in total. The molecule has 2 aromatic carbocycles. The van der Waals surface area contributed by atoms with Crippen LogP contribution in [0.4, 0.5) is 13.2 Å². The van der Waals surface area contributed by atoms with Gasteiger partial charge < -0.3 is 5.73 Å². The van der Waals surface area contributed by atoms with Gasteiger partial charge in [-0.15, -0.1) is 12.4 Å². The van der Waals surface area contributed by atoms with Crippen molar-refractivity contribution < 1.29 is 13.2 Å². The van der Waals surface area contributed by atoms with Crippen LogP contribution in [-0.2, 0) is 12.7 Å². The molecule has 6 heteroatoms. The summed E-state index contributed by atoms with van der Waals surface area (Å²) in [7, 11) is 0. The number of nitrogens with zero attached hydrogens (tertiary/aromatic N) is 1. The van der Waals surface area contributed by atoms with Gasteiger partial charge in [-0.3, -0.25) is 4.99 Å².